The number of hydrogen-bond acceptors (Lipinski definition) is 3. The van der Waals surface area contributed by atoms with E-state index in [0.29, 0.717) is 24.2 Å². The van der Waals surface area contributed by atoms with Gasteiger partial charge in [0.2, 0.25) is 0 Å². The lowest BCUT2D eigenvalue weighted by Gasteiger charge is -2.38. The van der Waals surface area contributed by atoms with Gasteiger partial charge >= 0.3 is 5.97 Å². The van der Waals surface area contributed by atoms with Crippen LogP contribution in [0.15, 0.2) is 12.2 Å². The maximum absolute atomic E-state index is 13.3. The van der Waals surface area contributed by atoms with Crippen LogP contribution in [0.1, 0.15) is 66.2 Å². The van der Waals surface area contributed by atoms with Gasteiger partial charge in [0.25, 0.3) is 0 Å². The van der Waals surface area contributed by atoms with Crippen LogP contribution in [0.3, 0.4) is 0 Å². The molecule has 0 unspecified atom stereocenters. The highest BCUT2D eigenvalue weighted by Gasteiger charge is 2.80. The van der Waals surface area contributed by atoms with E-state index in [4.69, 9.17) is 4.74 Å². The van der Waals surface area contributed by atoms with E-state index in [0.717, 1.165) is 25.7 Å². The second-order valence-electron chi connectivity index (χ2n) is 9.79. The largest absolute Gasteiger partial charge is 0.461 e. The molecule has 0 N–H and O–H groups in total. The van der Waals surface area contributed by atoms with Crippen molar-refractivity contribution in [2.45, 2.75) is 72.3 Å². The maximum atomic E-state index is 13.3. The quantitative estimate of drug-likeness (QED) is 0.428. The molecular formula is C22H32O3. The molecule has 0 aliphatic heterocycles. The molecule has 7 atom stereocenters. The molecule has 3 nitrogen and oxygen atoms in total. The number of hydrogen-bond donors (Lipinski definition) is 0. The van der Waals surface area contributed by atoms with Crippen LogP contribution < -0.4 is 0 Å². The smallest absolute Gasteiger partial charge is 0.320 e. The first-order valence-electron chi connectivity index (χ1n) is 10.2. The summed E-state index contributed by atoms with van der Waals surface area (Å²) in [5, 5.41) is 0. The van der Waals surface area contributed by atoms with E-state index in [9.17, 15) is 9.59 Å². The Bertz CT molecular complexity index is 621. The van der Waals surface area contributed by atoms with E-state index in [1.165, 1.54) is 6.42 Å². The Labute approximate surface area is 151 Å². The van der Waals surface area contributed by atoms with Crippen molar-refractivity contribution in [1.82, 2.24) is 0 Å². The topological polar surface area (TPSA) is 43.4 Å². The molecular weight excluding hydrogens is 312 g/mol. The number of Topliss-reactive ketones (excluding diaryl/α,β-unsaturated/α-hetero) is 1. The van der Waals surface area contributed by atoms with Crippen molar-refractivity contribution in [2.24, 2.45) is 40.4 Å². The van der Waals surface area contributed by atoms with E-state index < -0.39 is 5.41 Å². The Morgan fingerprint density at radius 2 is 2.08 bits per heavy atom. The van der Waals surface area contributed by atoms with Crippen LogP contribution in [-0.2, 0) is 14.3 Å². The van der Waals surface area contributed by atoms with E-state index >= 15 is 0 Å². The number of ketones is 1. The highest BCUT2D eigenvalue weighted by molar-refractivity contribution is 6.09. The minimum Gasteiger partial charge on any atom is -0.461 e. The molecule has 25 heavy (non-hydrogen) atoms. The van der Waals surface area contributed by atoms with Crippen molar-refractivity contribution in [3.05, 3.63) is 12.2 Å². The monoisotopic (exact) mass is 344 g/mol. The van der Waals surface area contributed by atoms with Gasteiger partial charge in [0.1, 0.15) is 11.5 Å². The van der Waals surface area contributed by atoms with Gasteiger partial charge in [-0.05, 0) is 60.7 Å². The molecule has 4 rings (SSSR count). The van der Waals surface area contributed by atoms with Gasteiger partial charge in [0.05, 0.1) is 0 Å². The zero-order valence-electron chi connectivity index (χ0n) is 16.1. The molecule has 0 aromatic carbocycles. The van der Waals surface area contributed by atoms with Crippen LogP contribution in [-0.4, -0.2) is 17.9 Å². The van der Waals surface area contributed by atoms with Crippen molar-refractivity contribution in [2.75, 3.05) is 0 Å². The normalized spacial score (nSPS) is 48.2. The molecule has 0 radical (unpaired) electrons. The molecule has 0 saturated heterocycles. The van der Waals surface area contributed by atoms with E-state index in [1.807, 2.05) is 0 Å². The first-order valence-corrected chi connectivity index (χ1v) is 10.2. The standard InChI is InChI=1S/C22H32O3/c1-13(2)15-8-7-14(3)12-17(15)25-20(24)22-16-6-5-10-21(4,19(16)22)11-9-18(22)23/h5,10,13-17,19H,6-9,11-12H2,1-4H3/t14-,15+,16-,17-,19-,21-,22-/m0/s1. The SMILES string of the molecule is CC(C)[C@H]1CC[C@H](C)C[C@@H]1OC(=O)[C@]12C(=O)CC[C@]3(C)C=CC[C@H]1[C@H]23. The van der Waals surface area contributed by atoms with Crippen LogP contribution in [0.4, 0.5) is 0 Å². The fourth-order valence-corrected chi connectivity index (χ4v) is 6.43. The fourth-order valence-electron chi connectivity index (χ4n) is 6.43. The minimum atomic E-state index is -0.821. The van der Waals surface area contributed by atoms with Crippen molar-refractivity contribution < 1.29 is 14.3 Å². The van der Waals surface area contributed by atoms with E-state index in [-0.39, 0.29) is 35.1 Å². The van der Waals surface area contributed by atoms with Crippen LogP contribution in [0.25, 0.3) is 0 Å². The third kappa shape index (κ3) is 2.37. The van der Waals surface area contributed by atoms with Crippen LogP contribution >= 0.6 is 0 Å². The molecule has 0 amide bonds. The van der Waals surface area contributed by atoms with E-state index in [2.05, 4.69) is 39.8 Å². The lowest BCUT2D eigenvalue weighted by molar-refractivity contribution is -0.168. The Morgan fingerprint density at radius 1 is 1.32 bits per heavy atom. The number of rotatable bonds is 3. The Morgan fingerprint density at radius 3 is 2.80 bits per heavy atom. The zero-order chi connectivity index (χ0) is 18.0. The third-order valence-corrected chi connectivity index (χ3v) is 7.88. The van der Waals surface area contributed by atoms with Gasteiger partial charge in [-0.25, -0.2) is 0 Å². The number of fused-ring (bicyclic) bond motifs is 1. The second kappa shape index (κ2) is 5.69. The summed E-state index contributed by atoms with van der Waals surface area (Å²) in [5.74, 6) is 1.87. The number of carbonyl (C=O) groups is 2. The Hall–Kier alpha value is -1.12. The molecule has 3 saturated carbocycles. The van der Waals surface area contributed by atoms with Gasteiger partial charge < -0.3 is 4.74 Å². The lowest BCUT2D eigenvalue weighted by Crippen LogP contribution is -2.43. The molecule has 4 aliphatic carbocycles. The summed E-state index contributed by atoms with van der Waals surface area (Å²) in [5.41, 5.74) is -0.814. The molecule has 0 aromatic heterocycles. The second-order valence-corrected chi connectivity index (χ2v) is 9.79. The first-order chi connectivity index (χ1) is 11.8. The Kier molecular flexibility index (Phi) is 3.94. The summed E-state index contributed by atoms with van der Waals surface area (Å²) in [6, 6.07) is 0. The molecule has 138 valence electrons. The Balaban J connectivity index is 1.57. The first kappa shape index (κ1) is 17.3. The van der Waals surface area contributed by atoms with Crippen LogP contribution in [0, 0.1) is 40.4 Å². The van der Waals surface area contributed by atoms with Crippen molar-refractivity contribution in [3.63, 3.8) is 0 Å². The summed E-state index contributed by atoms with van der Waals surface area (Å²) in [4.78, 5) is 26.2. The van der Waals surface area contributed by atoms with Gasteiger partial charge in [-0.1, -0.05) is 46.3 Å². The summed E-state index contributed by atoms with van der Waals surface area (Å²) >= 11 is 0. The number of carbonyl (C=O) groups excluding carboxylic acids is 2. The highest BCUT2D eigenvalue weighted by Crippen LogP contribution is 2.74. The summed E-state index contributed by atoms with van der Waals surface area (Å²) in [6.07, 6.45) is 9.99. The highest BCUT2D eigenvalue weighted by atomic mass is 16.5. The van der Waals surface area contributed by atoms with Gasteiger partial charge in [-0.15, -0.1) is 0 Å². The molecule has 0 heterocycles. The average Bonchev–Trinajstić information content (AvgIpc) is 3.24. The number of esters is 1. The van der Waals surface area contributed by atoms with Gasteiger partial charge in [0.15, 0.2) is 5.78 Å². The molecule has 0 spiro atoms. The molecule has 4 aliphatic rings. The fraction of sp³-hybridized carbons (Fsp3) is 0.818. The average molecular weight is 344 g/mol. The predicted molar refractivity (Wildman–Crippen MR) is 96.7 cm³/mol. The summed E-state index contributed by atoms with van der Waals surface area (Å²) < 4.78 is 6.16. The van der Waals surface area contributed by atoms with Crippen LogP contribution in [0.5, 0.6) is 0 Å². The predicted octanol–water partition coefficient (Wildman–Crippen LogP) is 4.55. The van der Waals surface area contributed by atoms with Crippen LogP contribution in [0.2, 0.25) is 0 Å². The number of ether oxygens (including phenoxy) is 1. The van der Waals surface area contributed by atoms with Gasteiger partial charge in [-0.2, -0.15) is 0 Å². The molecule has 0 bridgehead atoms. The molecule has 3 fully saturated rings. The molecule has 0 aromatic rings. The third-order valence-electron chi connectivity index (χ3n) is 7.88. The van der Waals surface area contributed by atoms with Gasteiger partial charge in [-0.3, -0.25) is 9.59 Å². The van der Waals surface area contributed by atoms with Gasteiger partial charge in [0, 0.05) is 6.42 Å². The van der Waals surface area contributed by atoms with Crippen molar-refractivity contribution in [1.29, 1.82) is 0 Å². The minimum absolute atomic E-state index is 0.00710. The zero-order valence-corrected chi connectivity index (χ0v) is 16.1. The van der Waals surface area contributed by atoms with Crippen molar-refractivity contribution in [3.8, 4) is 0 Å². The maximum Gasteiger partial charge on any atom is 0.320 e. The molecule has 3 heteroatoms. The number of allylic oxidation sites excluding steroid dienone is 2. The summed E-state index contributed by atoms with van der Waals surface area (Å²) in [6.45, 7) is 8.92. The van der Waals surface area contributed by atoms with Crippen molar-refractivity contribution >= 4 is 11.8 Å². The summed E-state index contributed by atoms with van der Waals surface area (Å²) in [7, 11) is 0. The lowest BCUT2D eigenvalue weighted by atomic mass is 9.69. The van der Waals surface area contributed by atoms with E-state index in [1.54, 1.807) is 0 Å².